The highest BCUT2D eigenvalue weighted by atomic mass is 16.3. The molecule has 0 aromatic rings. The van der Waals surface area contributed by atoms with Gasteiger partial charge in [0.25, 0.3) is 0 Å². The Morgan fingerprint density at radius 2 is 2.25 bits per heavy atom. The summed E-state index contributed by atoms with van der Waals surface area (Å²) in [6.07, 6.45) is 4.80. The molecule has 0 spiro atoms. The molecule has 1 saturated carbocycles. The van der Waals surface area contributed by atoms with Crippen LogP contribution in [0.2, 0.25) is 0 Å². The van der Waals surface area contributed by atoms with Gasteiger partial charge in [-0.25, -0.2) is 0 Å². The lowest BCUT2D eigenvalue weighted by atomic mass is 9.79. The molecule has 8 heavy (non-hydrogen) atoms. The fraction of sp³-hybridized carbons (Fsp3) is 1.00. The molecular formula is C7H14O. The van der Waals surface area contributed by atoms with Crippen molar-refractivity contribution in [3.05, 3.63) is 0 Å². The van der Waals surface area contributed by atoms with Gasteiger partial charge in [-0.05, 0) is 25.2 Å². The Bertz CT molecular complexity index is 70.8. The van der Waals surface area contributed by atoms with Gasteiger partial charge >= 0.3 is 0 Å². The lowest BCUT2D eigenvalue weighted by molar-refractivity contribution is 0.0192. The predicted octanol–water partition coefficient (Wildman–Crippen LogP) is 1.56. The van der Waals surface area contributed by atoms with Gasteiger partial charge in [-0.1, -0.05) is 13.3 Å². The van der Waals surface area contributed by atoms with Crippen molar-refractivity contribution in [2.75, 3.05) is 0 Å². The van der Waals surface area contributed by atoms with Gasteiger partial charge in [0, 0.05) is 0 Å². The van der Waals surface area contributed by atoms with E-state index in [-0.39, 0.29) is 6.10 Å². The van der Waals surface area contributed by atoms with Crippen LogP contribution in [0.5, 0.6) is 0 Å². The number of aliphatic hydroxyl groups excluding tert-OH is 1. The van der Waals surface area contributed by atoms with E-state index in [1.807, 2.05) is 0 Å². The smallest absolute Gasteiger partial charge is 0.0568 e. The normalized spacial score (nSPS) is 36.8. The molecule has 0 bridgehead atoms. The Morgan fingerprint density at radius 3 is 2.38 bits per heavy atom. The molecule has 48 valence electrons. The van der Waals surface area contributed by atoms with Crippen LogP contribution in [0, 0.1) is 5.92 Å². The molecule has 1 aliphatic carbocycles. The molecule has 0 saturated heterocycles. The van der Waals surface area contributed by atoms with Crippen molar-refractivity contribution in [3.63, 3.8) is 0 Å². The van der Waals surface area contributed by atoms with E-state index < -0.39 is 0 Å². The zero-order valence-electron chi connectivity index (χ0n) is 5.43. The summed E-state index contributed by atoms with van der Waals surface area (Å²) in [5.74, 6) is 0.653. The second kappa shape index (κ2) is 2.49. The third-order valence-corrected chi connectivity index (χ3v) is 2.04. The molecule has 0 aliphatic heterocycles. The Morgan fingerprint density at radius 1 is 1.50 bits per heavy atom. The van der Waals surface area contributed by atoms with Gasteiger partial charge in [0.1, 0.15) is 0 Å². The summed E-state index contributed by atoms with van der Waals surface area (Å²) in [5.41, 5.74) is 0. The quantitative estimate of drug-likeness (QED) is 0.577. The van der Waals surface area contributed by atoms with Gasteiger partial charge in [0.15, 0.2) is 0 Å². The first-order valence-electron chi connectivity index (χ1n) is 3.52. The van der Waals surface area contributed by atoms with Crippen molar-refractivity contribution in [1.82, 2.24) is 0 Å². The molecule has 0 amide bonds. The second-order valence-electron chi connectivity index (χ2n) is 2.69. The maximum atomic E-state index is 9.04. The summed E-state index contributed by atoms with van der Waals surface area (Å²) < 4.78 is 0. The molecule has 0 heterocycles. The third-order valence-electron chi connectivity index (χ3n) is 2.04. The van der Waals surface area contributed by atoms with Gasteiger partial charge in [-0.15, -0.1) is 0 Å². The van der Waals surface area contributed by atoms with Crippen molar-refractivity contribution >= 4 is 0 Å². The molecule has 1 N–H and O–H groups in total. The first kappa shape index (κ1) is 6.09. The SMILES string of the molecule is CCCC1CCC1O. The predicted molar refractivity (Wildman–Crippen MR) is 33.6 cm³/mol. The molecule has 2 unspecified atom stereocenters. The minimum atomic E-state index is 0.0509. The molecule has 1 rings (SSSR count). The van der Waals surface area contributed by atoms with E-state index in [2.05, 4.69) is 6.92 Å². The van der Waals surface area contributed by atoms with Crippen LogP contribution >= 0.6 is 0 Å². The number of rotatable bonds is 2. The van der Waals surface area contributed by atoms with Crippen molar-refractivity contribution in [2.24, 2.45) is 5.92 Å². The average Bonchev–Trinajstić information content (AvgIpc) is 1.79. The number of hydrogen-bond donors (Lipinski definition) is 1. The maximum absolute atomic E-state index is 9.04. The van der Waals surface area contributed by atoms with Crippen LogP contribution in [0.1, 0.15) is 32.6 Å². The molecule has 0 aromatic carbocycles. The lowest BCUT2D eigenvalue weighted by Gasteiger charge is -2.31. The third kappa shape index (κ3) is 1.03. The van der Waals surface area contributed by atoms with Crippen LogP contribution < -0.4 is 0 Å². The van der Waals surface area contributed by atoms with Gasteiger partial charge in [-0.3, -0.25) is 0 Å². The van der Waals surface area contributed by atoms with Gasteiger partial charge in [-0.2, -0.15) is 0 Å². The van der Waals surface area contributed by atoms with Crippen LogP contribution in [0.25, 0.3) is 0 Å². The topological polar surface area (TPSA) is 20.2 Å². The van der Waals surface area contributed by atoms with Gasteiger partial charge < -0.3 is 5.11 Å². The minimum Gasteiger partial charge on any atom is -0.393 e. The van der Waals surface area contributed by atoms with Gasteiger partial charge in [0.05, 0.1) is 6.10 Å². The fourth-order valence-corrected chi connectivity index (χ4v) is 1.26. The maximum Gasteiger partial charge on any atom is 0.0568 e. The molecular weight excluding hydrogens is 100 g/mol. The highest BCUT2D eigenvalue weighted by molar-refractivity contribution is 4.78. The Labute approximate surface area is 50.7 Å². The molecule has 0 radical (unpaired) electrons. The van der Waals surface area contributed by atoms with E-state index in [0.29, 0.717) is 5.92 Å². The number of hydrogen-bond acceptors (Lipinski definition) is 1. The Hall–Kier alpha value is -0.0400. The van der Waals surface area contributed by atoms with E-state index in [1.54, 1.807) is 0 Å². The summed E-state index contributed by atoms with van der Waals surface area (Å²) in [5, 5.41) is 9.04. The summed E-state index contributed by atoms with van der Waals surface area (Å²) >= 11 is 0. The fourth-order valence-electron chi connectivity index (χ4n) is 1.26. The van der Waals surface area contributed by atoms with Crippen LogP contribution in [0.4, 0.5) is 0 Å². The summed E-state index contributed by atoms with van der Waals surface area (Å²) in [6, 6.07) is 0. The van der Waals surface area contributed by atoms with E-state index in [4.69, 9.17) is 5.11 Å². The molecule has 1 aliphatic rings. The number of aliphatic hydroxyl groups is 1. The average molecular weight is 114 g/mol. The Kier molecular flexibility index (Phi) is 1.90. The standard InChI is InChI=1S/C7H14O/c1-2-3-6-4-5-7(6)8/h6-8H,2-5H2,1H3. The molecule has 2 atom stereocenters. The van der Waals surface area contributed by atoms with Crippen LogP contribution in [0.3, 0.4) is 0 Å². The largest absolute Gasteiger partial charge is 0.393 e. The first-order valence-corrected chi connectivity index (χ1v) is 3.52. The highest BCUT2D eigenvalue weighted by Gasteiger charge is 2.26. The molecule has 1 nitrogen and oxygen atoms in total. The lowest BCUT2D eigenvalue weighted by Crippen LogP contribution is -2.30. The monoisotopic (exact) mass is 114 g/mol. The zero-order valence-corrected chi connectivity index (χ0v) is 5.43. The summed E-state index contributed by atoms with van der Waals surface area (Å²) in [6.45, 7) is 2.17. The highest BCUT2D eigenvalue weighted by Crippen LogP contribution is 2.30. The first-order chi connectivity index (χ1) is 3.84. The van der Waals surface area contributed by atoms with Crippen molar-refractivity contribution < 1.29 is 5.11 Å². The van der Waals surface area contributed by atoms with Crippen LogP contribution in [-0.2, 0) is 0 Å². The van der Waals surface area contributed by atoms with E-state index in [9.17, 15) is 0 Å². The van der Waals surface area contributed by atoms with E-state index in [0.717, 1.165) is 6.42 Å². The summed E-state index contributed by atoms with van der Waals surface area (Å²) in [7, 11) is 0. The van der Waals surface area contributed by atoms with Crippen LogP contribution in [-0.4, -0.2) is 11.2 Å². The van der Waals surface area contributed by atoms with Crippen LogP contribution in [0.15, 0.2) is 0 Å². The van der Waals surface area contributed by atoms with E-state index >= 15 is 0 Å². The Balaban J connectivity index is 2.08. The summed E-state index contributed by atoms with van der Waals surface area (Å²) in [4.78, 5) is 0. The van der Waals surface area contributed by atoms with Gasteiger partial charge in [0.2, 0.25) is 0 Å². The van der Waals surface area contributed by atoms with E-state index in [1.165, 1.54) is 19.3 Å². The zero-order chi connectivity index (χ0) is 5.98. The second-order valence-corrected chi connectivity index (χ2v) is 2.69. The van der Waals surface area contributed by atoms with Crippen molar-refractivity contribution in [2.45, 2.75) is 38.7 Å². The van der Waals surface area contributed by atoms with Crippen molar-refractivity contribution in [1.29, 1.82) is 0 Å². The molecule has 1 heteroatoms. The minimum absolute atomic E-state index is 0.0509. The molecule has 1 fully saturated rings. The van der Waals surface area contributed by atoms with Crippen molar-refractivity contribution in [3.8, 4) is 0 Å². The molecule has 0 aromatic heterocycles.